The largest absolute Gasteiger partial charge is 0.444 e. The fraction of sp³-hybridized carbons (Fsp3) is 0.571. The standard InChI is InChI=1S/C21H30N3O2/c1-15(23)13-19(17-7-5-16(14-22)6-8-17)18-9-11-24(12-10-18)20(25)26-21(2,3)4/h5-8,13,15,18-19H,9-12,23H2,1-4H3. The number of likely N-dealkylation sites (tertiary alicyclic amines) is 1. The lowest BCUT2D eigenvalue weighted by molar-refractivity contribution is 0.0177. The Balaban J connectivity index is 2.04. The van der Waals surface area contributed by atoms with E-state index in [9.17, 15) is 4.79 Å². The van der Waals surface area contributed by atoms with Gasteiger partial charge in [0.1, 0.15) is 5.60 Å². The van der Waals surface area contributed by atoms with E-state index in [-0.39, 0.29) is 18.1 Å². The van der Waals surface area contributed by atoms with E-state index in [4.69, 9.17) is 15.7 Å². The Morgan fingerprint density at radius 3 is 2.35 bits per heavy atom. The van der Waals surface area contributed by atoms with Crippen LogP contribution in [0.3, 0.4) is 0 Å². The van der Waals surface area contributed by atoms with E-state index in [1.807, 2.05) is 52.0 Å². The second-order valence-electron chi connectivity index (χ2n) is 8.12. The Kier molecular flexibility index (Phi) is 6.66. The van der Waals surface area contributed by atoms with Crippen LogP contribution in [-0.4, -0.2) is 35.7 Å². The number of nitriles is 1. The molecule has 0 saturated carbocycles. The van der Waals surface area contributed by atoms with Gasteiger partial charge in [-0.15, -0.1) is 0 Å². The molecule has 2 atom stereocenters. The Morgan fingerprint density at radius 1 is 1.31 bits per heavy atom. The maximum Gasteiger partial charge on any atom is 0.410 e. The van der Waals surface area contributed by atoms with Crippen LogP contribution in [-0.2, 0) is 4.74 Å². The lowest BCUT2D eigenvalue weighted by atomic mass is 9.77. The zero-order valence-electron chi connectivity index (χ0n) is 16.2. The van der Waals surface area contributed by atoms with Crippen molar-refractivity contribution in [3.05, 3.63) is 41.8 Å². The molecule has 141 valence electrons. The Bertz CT molecular complexity index is 633. The van der Waals surface area contributed by atoms with Crippen LogP contribution in [0.15, 0.2) is 24.3 Å². The van der Waals surface area contributed by atoms with Gasteiger partial charge in [0.25, 0.3) is 0 Å². The van der Waals surface area contributed by atoms with Crippen LogP contribution in [0.1, 0.15) is 57.6 Å². The minimum atomic E-state index is -0.471. The third kappa shape index (κ3) is 5.74. The first-order chi connectivity index (χ1) is 12.2. The van der Waals surface area contributed by atoms with Crippen molar-refractivity contribution in [2.24, 2.45) is 11.7 Å². The zero-order valence-corrected chi connectivity index (χ0v) is 16.2. The topological polar surface area (TPSA) is 79.4 Å². The number of nitrogens with two attached hydrogens (primary N) is 1. The Morgan fingerprint density at radius 2 is 1.88 bits per heavy atom. The van der Waals surface area contributed by atoms with Gasteiger partial charge in [0.05, 0.1) is 11.6 Å². The number of carbonyl (C=O) groups excluding carboxylic acids is 1. The molecule has 0 aromatic heterocycles. The van der Waals surface area contributed by atoms with Gasteiger partial charge in [-0.25, -0.2) is 4.79 Å². The van der Waals surface area contributed by atoms with Crippen LogP contribution >= 0.6 is 0 Å². The first-order valence-corrected chi connectivity index (χ1v) is 9.28. The lowest BCUT2D eigenvalue weighted by Crippen LogP contribution is -2.43. The van der Waals surface area contributed by atoms with Crippen LogP contribution in [0.4, 0.5) is 4.79 Å². The molecular weight excluding hydrogens is 326 g/mol. The van der Waals surface area contributed by atoms with Gasteiger partial charge in [0.15, 0.2) is 0 Å². The molecule has 1 aromatic rings. The Labute approximate surface area is 157 Å². The molecule has 0 bridgehead atoms. The summed E-state index contributed by atoms with van der Waals surface area (Å²) in [5, 5.41) is 9.00. The summed E-state index contributed by atoms with van der Waals surface area (Å²) in [7, 11) is 0. The maximum atomic E-state index is 12.3. The van der Waals surface area contributed by atoms with E-state index in [0.717, 1.165) is 12.8 Å². The molecule has 5 heteroatoms. The summed E-state index contributed by atoms with van der Waals surface area (Å²) in [6.07, 6.45) is 3.76. The molecule has 1 fully saturated rings. The highest BCUT2D eigenvalue weighted by Gasteiger charge is 2.31. The van der Waals surface area contributed by atoms with Crippen LogP contribution in [0.2, 0.25) is 0 Å². The molecule has 1 radical (unpaired) electrons. The fourth-order valence-corrected chi connectivity index (χ4v) is 3.41. The molecule has 0 spiro atoms. The molecule has 1 aliphatic heterocycles. The van der Waals surface area contributed by atoms with E-state index in [1.165, 1.54) is 5.56 Å². The van der Waals surface area contributed by atoms with Gasteiger partial charge >= 0.3 is 6.09 Å². The predicted molar refractivity (Wildman–Crippen MR) is 102 cm³/mol. The van der Waals surface area contributed by atoms with Crippen molar-refractivity contribution in [3.63, 3.8) is 0 Å². The molecule has 0 aliphatic carbocycles. The minimum Gasteiger partial charge on any atom is -0.444 e. The molecule has 26 heavy (non-hydrogen) atoms. The van der Waals surface area contributed by atoms with Gasteiger partial charge < -0.3 is 15.4 Å². The minimum absolute atomic E-state index is 0.0143. The van der Waals surface area contributed by atoms with Crippen molar-refractivity contribution in [1.29, 1.82) is 5.26 Å². The number of nitrogens with zero attached hydrogens (tertiary/aromatic N) is 2. The van der Waals surface area contributed by atoms with Crippen molar-refractivity contribution < 1.29 is 9.53 Å². The summed E-state index contributed by atoms with van der Waals surface area (Å²) in [6.45, 7) is 9.02. The quantitative estimate of drug-likeness (QED) is 0.889. The van der Waals surface area contributed by atoms with Crippen LogP contribution < -0.4 is 5.73 Å². The highest BCUT2D eigenvalue weighted by molar-refractivity contribution is 5.68. The van der Waals surface area contributed by atoms with Gasteiger partial charge in [0, 0.05) is 19.1 Å². The predicted octanol–water partition coefficient (Wildman–Crippen LogP) is 3.84. The summed E-state index contributed by atoms with van der Waals surface area (Å²) in [4.78, 5) is 14.0. The molecule has 2 N–H and O–H groups in total. The van der Waals surface area contributed by atoms with Crippen LogP contribution in [0.5, 0.6) is 0 Å². The molecule has 2 unspecified atom stereocenters. The summed E-state index contributed by atoms with van der Waals surface area (Å²) in [5.74, 6) is 0.649. The van der Waals surface area contributed by atoms with Crippen molar-refractivity contribution in [1.82, 2.24) is 4.90 Å². The molecule has 2 rings (SSSR count). The number of benzene rings is 1. The summed E-state index contributed by atoms with van der Waals surface area (Å²) in [6, 6.07) is 9.88. The van der Waals surface area contributed by atoms with Crippen molar-refractivity contribution in [3.8, 4) is 6.07 Å². The average molecular weight is 356 g/mol. The number of rotatable bonds is 4. The highest BCUT2D eigenvalue weighted by atomic mass is 16.6. The average Bonchev–Trinajstić information content (AvgIpc) is 2.58. The first-order valence-electron chi connectivity index (χ1n) is 9.28. The van der Waals surface area contributed by atoms with Gasteiger partial charge in [-0.1, -0.05) is 12.1 Å². The maximum absolute atomic E-state index is 12.3. The van der Waals surface area contributed by atoms with Crippen LogP contribution in [0, 0.1) is 23.7 Å². The van der Waals surface area contributed by atoms with Gasteiger partial charge in [-0.05, 0) is 76.5 Å². The summed E-state index contributed by atoms with van der Waals surface area (Å²) in [5.41, 5.74) is 7.41. The number of ether oxygens (including phenoxy) is 1. The number of hydrogen-bond acceptors (Lipinski definition) is 4. The van der Waals surface area contributed by atoms with E-state index in [0.29, 0.717) is 24.6 Å². The fourth-order valence-electron chi connectivity index (χ4n) is 3.41. The zero-order chi connectivity index (χ0) is 19.3. The van der Waals surface area contributed by atoms with E-state index >= 15 is 0 Å². The first kappa shape index (κ1) is 20.3. The monoisotopic (exact) mass is 356 g/mol. The van der Waals surface area contributed by atoms with Crippen molar-refractivity contribution >= 4 is 6.09 Å². The number of amides is 1. The number of hydrogen-bond donors (Lipinski definition) is 1. The van der Waals surface area contributed by atoms with E-state index < -0.39 is 5.60 Å². The third-order valence-electron chi connectivity index (χ3n) is 4.63. The number of carbonyl (C=O) groups is 1. The van der Waals surface area contributed by atoms with Crippen molar-refractivity contribution in [2.45, 2.75) is 58.1 Å². The second kappa shape index (κ2) is 8.55. The van der Waals surface area contributed by atoms with Gasteiger partial charge in [0.2, 0.25) is 0 Å². The molecular formula is C21H30N3O2. The highest BCUT2D eigenvalue weighted by Crippen LogP contribution is 2.35. The second-order valence-corrected chi connectivity index (χ2v) is 8.12. The molecule has 1 aromatic carbocycles. The van der Waals surface area contributed by atoms with Crippen molar-refractivity contribution in [2.75, 3.05) is 13.1 Å². The summed E-state index contributed by atoms with van der Waals surface area (Å²) >= 11 is 0. The third-order valence-corrected chi connectivity index (χ3v) is 4.63. The smallest absolute Gasteiger partial charge is 0.410 e. The Hall–Kier alpha value is -2.06. The van der Waals surface area contributed by atoms with E-state index in [1.54, 1.807) is 4.90 Å². The normalized spacial score (nSPS) is 18.1. The van der Waals surface area contributed by atoms with Crippen LogP contribution in [0.25, 0.3) is 0 Å². The molecule has 1 saturated heterocycles. The number of piperidine rings is 1. The molecule has 1 amide bonds. The molecule has 1 aliphatic rings. The lowest BCUT2D eigenvalue weighted by Gasteiger charge is -2.37. The van der Waals surface area contributed by atoms with Gasteiger partial charge in [-0.3, -0.25) is 0 Å². The van der Waals surface area contributed by atoms with Gasteiger partial charge in [-0.2, -0.15) is 5.26 Å². The van der Waals surface area contributed by atoms with E-state index in [2.05, 4.69) is 12.5 Å². The molecule has 1 heterocycles. The summed E-state index contributed by atoms with van der Waals surface area (Å²) < 4.78 is 5.48. The molecule has 5 nitrogen and oxygen atoms in total. The SMILES string of the molecule is CC(N)[CH]C(c1ccc(C#N)cc1)C1CCN(C(=O)OC(C)(C)C)CC1.